The predicted octanol–water partition coefficient (Wildman–Crippen LogP) is 4.76. The Morgan fingerprint density at radius 3 is 1.98 bits per heavy atom. The Labute approximate surface area is 267 Å². The molecule has 0 saturated carbocycles. The van der Waals surface area contributed by atoms with Gasteiger partial charge in [-0.3, -0.25) is 34.6 Å². The molecule has 0 unspecified atom stereocenters. The number of amides is 3. The lowest BCUT2D eigenvalue weighted by molar-refractivity contribution is -0.148. The summed E-state index contributed by atoms with van der Waals surface area (Å²) in [5.41, 5.74) is 12.2. The number of hydroxylamine groups is 1. The number of benzene rings is 2. The highest BCUT2D eigenvalue weighted by Crippen LogP contribution is 2.26. The second-order valence-electron chi connectivity index (χ2n) is 11.6. The molecule has 2 aromatic carbocycles. The second kappa shape index (κ2) is 19.7. The van der Waals surface area contributed by atoms with Gasteiger partial charge in [0.2, 0.25) is 11.8 Å². The first kappa shape index (κ1) is 39.4. The molecule has 0 aliphatic rings. The van der Waals surface area contributed by atoms with E-state index in [-0.39, 0.29) is 29.1 Å². The Morgan fingerprint density at radius 2 is 1.51 bits per heavy atom. The van der Waals surface area contributed by atoms with Crippen molar-refractivity contribution in [2.75, 3.05) is 6.54 Å². The van der Waals surface area contributed by atoms with Crippen molar-refractivity contribution in [2.24, 2.45) is 29.4 Å². The molecule has 6 N–H and O–H groups in total. The van der Waals surface area contributed by atoms with Crippen LogP contribution in [0.25, 0.3) is 6.08 Å². The monoisotopic (exact) mass is 646 g/mol. The highest BCUT2D eigenvalue weighted by atomic mass is 32.2. The van der Waals surface area contributed by atoms with Crippen molar-refractivity contribution in [2.45, 2.75) is 78.2 Å². The van der Waals surface area contributed by atoms with Crippen molar-refractivity contribution in [3.05, 3.63) is 71.8 Å². The minimum atomic E-state index is -4.02. The molecule has 0 fully saturated rings. The van der Waals surface area contributed by atoms with Crippen molar-refractivity contribution < 1.29 is 32.6 Å². The molecule has 0 aliphatic heterocycles. The smallest absolute Gasteiger partial charge is 0.294 e. The Hall–Kier alpha value is -3.58. The van der Waals surface area contributed by atoms with Gasteiger partial charge >= 0.3 is 0 Å². The molecule has 3 atom stereocenters. The lowest BCUT2D eigenvalue weighted by Gasteiger charge is -2.32. The van der Waals surface area contributed by atoms with E-state index in [2.05, 4.69) is 5.43 Å². The highest BCUT2D eigenvalue weighted by Gasteiger charge is 2.35. The first-order chi connectivity index (χ1) is 21.1. The Bertz CT molecular complexity index is 1330. The third kappa shape index (κ3) is 14.4. The van der Waals surface area contributed by atoms with Gasteiger partial charge in [0.1, 0.15) is 0 Å². The van der Waals surface area contributed by atoms with Crippen LogP contribution in [0.4, 0.5) is 0 Å². The third-order valence-corrected chi connectivity index (χ3v) is 8.18. The maximum Gasteiger partial charge on any atom is 0.294 e. The Balaban J connectivity index is 0.000000768. The standard InChI is InChI=1S/C26H42N4O4.C7H8O3S/c1-6-20(7-2)17-30(26(33)19(5)27)28-24(31)23(16-18(3)4)22(25(32)29-34)15-11-14-21-12-9-8-10-13-21;1-6-2-4-7(5-3-6)11(8,9)10/h8-14,18-20,22-23,34H,6-7,15-17,27H2,1-5H3,(H,28,31)(H,29,32);2-5H,1H3,(H,8,9,10)/b14-11+;/t19-,22+,23-;/m1./s1. The number of nitrogens with one attached hydrogen (secondary N) is 2. The van der Waals surface area contributed by atoms with E-state index in [0.717, 1.165) is 24.0 Å². The van der Waals surface area contributed by atoms with E-state index in [9.17, 15) is 28.0 Å². The molecule has 3 amide bonds. The van der Waals surface area contributed by atoms with Gasteiger partial charge < -0.3 is 5.73 Å². The van der Waals surface area contributed by atoms with Gasteiger partial charge in [-0.1, -0.05) is 101 Å². The number of nitrogens with zero attached hydrogens (tertiary/aromatic N) is 1. The molecule has 250 valence electrons. The van der Waals surface area contributed by atoms with E-state index < -0.39 is 39.8 Å². The summed E-state index contributed by atoms with van der Waals surface area (Å²) in [5.74, 6) is -2.70. The van der Waals surface area contributed by atoms with Gasteiger partial charge in [-0.15, -0.1) is 0 Å². The van der Waals surface area contributed by atoms with Crippen molar-refractivity contribution >= 4 is 33.9 Å². The highest BCUT2D eigenvalue weighted by molar-refractivity contribution is 7.85. The number of rotatable bonds is 14. The number of nitrogens with two attached hydrogens (primary N) is 1. The summed E-state index contributed by atoms with van der Waals surface area (Å²) in [5, 5.41) is 10.7. The van der Waals surface area contributed by atoms with Gasteiger partial charge in [-0.05, 0) is 56.2 Å². The van der Waals surface area contributed by atoms with Crippen LogP contribution in [-0.2, 0) is 24.5 Å². The number of hydrogen-bond acceptors (Lipinski definition) is 7. The molecule has 45 heavy (non-hydrogen) atoms. The van der Waals surface area contributed by atoms with E-state index in [4.69, 9.17) is 10.3 Å². The minimum absolute atomic E-state index is 0.0666. The van der Waals surface area contributed by atoms with Gasteiger partial charge in [0.15, 0.2) is 0 Å². The van der Waals surface area contributed by atoms with Gasteiger partial charge in [0, 0.05) is 6.54 Å². The van der Waals surface area contributed by atoms with Gasteiger partial charge in [-0.25, -0.2) is 5.48 Å². The zero-order valence-corrected chi connectivity index (χ0v) is 28.0. The molecule has 0 spiro atoms. The number of hydrogen-bond donors (Lipinski definition) is 5. The van der Waals surface area contributed by atoms with Crippen molar-refractivity contribution in [3.8, 4) is 0 Å². The first-order valence-electron chi connectivity index (χ1n) is 15.2. The molecule has 11 nitrogen and oxygen atoms in total. The molecule has 0 saturated heterocycles. The number of carbonyl (C=O) groups excluding carboxylic acids is 3. The van der Waals surface area contributed by atoms with Crippen LogP contribution in [-0.4, -0.2) is 53.5 Å². The normalized spacial score (nSPS) is 13.5. The fraction of sp³-hybridized carbons (Fsp3) is 0.485. The van der Waals surface area contributed by atoms with Crippen LogP contribution in [0.1, 0.15) is 71.4 Å². The summed E-state index contributed by atoms with van der Waals surface area (Å²) in [4.78, 5) is 38.7. The summed E-state index contributed by atoms with van der Waals surface area (Å²) in [6.07, 6.45) is 6.06. The van der Waals surface area contributed by atoms with Crippen molar-refractivity contribution in [3.63, 3.8) is 0 Å². The number of aryl methyl sites for hydroxylation is 1. The predicted molar refractivity (Wildman–Crippen MR) is 175 cm³/mol. The van der Waals surface area contributed by atoms with Crippen LogP contribution in [0.5, 0.6) is 0 Å². The Morgan fingerprint density at radius 1 is 0.933 bits per heavy atom. The van der Waals surface area contributed by atoms with E-state index in [1.165, 1.54) is 17.1 Å². The summed E-state index contributed by atoms with van der Waals surface area (Å²) >= 11 is 0. The molecular weight excluding hydrogens is 596 g/mol. The third-order valence-electron chi connectivity index (χ3n) is 7.31. The van der Waals surface area contributed by atoms with Crippen LogP contribution in [0.2, 0.25) is 0 Å². The molecule has 0 aromatic heterocycles. The van der Waals surface area contributed by atoms with Crippen LogP contribution < -0.4 is 16.6 Å². The maximum atomic E-state index is 13.4. The maximum absolute atomic E-state index is 13.4. The van der Waals surface area contributed by atoms with E-state index >= 15 is 0 Å². The van der Waals surface area contributed by atoms with Crippen LogP contribution in [0.3, 0.4) is 0 Å². The fourth-order valence-electron chi connectivity index (χ4n) is 4.58. The number of hydrazine groups is 1. The lowest BCUT2D eigenvalue weighted by Crippen LogP contribution is -2.55. The minimum Gasteiger partial charge on any atom is -0.320 e. The molecule has 0 radical (unpaired) electrons. The van der Waals surface area contributed by atoms with E-state index in [1.54, 1.807) is 24.5 Å². The molecule has 2 rings (SSSR count). The van der Waals surface area contributed by atoms with Crippen molar-refractivity contribution in [1.29, 1.82) is 0 Å². The van der Waals surface area contributed by atoms with E-state index in [0.29, 0.717) is 13.0 Å². The SMILES string of the molecule is CCC(CC)CN(NC(=O)[C@H](CC(C)C)[C@H](C/C=C/c1ccccc1)C(=O)NO)C(=O)[C@@H](C)N.Cc1ccc(S(=O)(=O)O)cc1. The molecule has 12 heteroatoms. The largest absolute Gasteiger partial charge is 0.320 e. The topological polar surface area (TPSA) is 179 Å². The molecule has 2 aromatic rings. The Kier molecular flexibility index (Phi) is 17.3. The van der Waals surface area contributed by atoms with Gasteiger partial charge in [-0.2, -0.15) is 8.42 Å². The summed E-state index contributed by atoms with van der Waals surface area (Å²) in [6, 6.07) is 14.8. The quantitative estimate of drug-likeness (QED) is 0.111. The van der Waals surface area contributed by atoms with Gasteiger partial charge in [0.05, 0.1) is 22.8 Å². The van der Waals surface area contributed by atoms with Gasteiger partial charge in [0.25, 0.3) is 16.0 Å². The molecule has 0 bridgehead atoms. The molecule has 0 aliphatic carbocycles. The summed E-state index contributed by atoms with van der Waals surface area (Å²) in [6.45, 7) is 11.8. The van der Waals surface area contributed by atoms with Crippen molar-refractivity contribution in [1.82, 2.24) is 15.9 Å². The number of allylic oxidation sites excluding steroid dienone is 1. The average molecular weight is 647 g/mol. The zero-order valence-electron chi connectivity index (χ0n) is 27.1. The average Bonchev–Trinajstić information content (AvgIpc) is 3.00. The summed E-state index contributed by atoms with van der Waals surface area (Å²) < 4.78 is 29.6. The fourth-order valence-corrected chi connectivity index (χ4v) is 5.06. The molecular formula is C33H50N4O7S. The van der Waals surface area contributed by atoms with Crippen LogP contribution in [0, 0.1) is 30.6 Å². The number of carbonyl (C=O) groups is 3. The van der Waals surface area contributed by atoms with Crippen LogP contribution in [0.15, 0.2) is 65.6 Å². The molecule has 0 heterocycles. The van der Waals surface area contributed by atoms with Crippen LogP contribution >= 0.6 is 0 Å². The lowest BCUT2D eigenvalue weighted by atomic mass is 9.82. The zero-order chi connectivity index (χ0) is 34.2. The summed E-state index contributed by atoms with van der Waals surface area (Å²) in [7, 11) is -4.02. The van der Waals surface area contributed by atoms with E-state index in [1.807, 2.05) is 77.1 Å². The first-order valence-corrected chi connectivity index (χ1v) is 16.7. The second-order valence-corrected chi connectivity index (χ2v) is 13.0.